The van der Waals surface area contributed by atoms with E-state index >= 15 is 0 Å². The Kier molecular flexibility index (Phi) is 5.29. The van der Waals surface area contributed by atoms with Crippen LogP contribution in [0.2, 0.25) is 0 Å². The Hall–Kier alpha value is -1.92. The average Bonchev–Trinajstić information content (AvgIpc) is 2.38. The number of ether oxygens (including phenoxy) is 1. The Bertz CT molecular complexity index is 434. The molecule has 1 amide bonds. The van der Waals surface area contributed by atoms with E-state index in [9.17, 15) is 9.59 Å². The molecule has 3 N–H and O–H groups in total. The number of carboxylic acids is 1. The zero-order chi connectivity index (χ0) is 13.5. The average molecular weight is 252 g/mol. The summed E-state index contributed by atoms with van der Waals surface area (Å²) in [4.78, 5) is 24.0. The van der Waals surface area contributed by atoms with Crippen molar-refractivity contribution in [2.24, 2.45) is 5.73 Å². The van der Waals surface area contributed by atoms with Gasteiger partial charge in [0.2, 0.25) is 0 Å². The summed E-state index contributed by atoms with van der Waals surface area (Å²) in [5.74, 6) is -1.40. The van der Waals surface area contributed by atoms with Crippen LogP contribution in [-0.2, 0) is 9.53 Å². The normalized spacial score (nSPS) is 10.1. The Labute approximate surface area is 105 Å². The number of anilines is 1. The van der Waals surface area contributed by atoms with E-state index in [2.05, 4.69) is 0 Å². The SMILES string of the molecule is CN(C(=O)COCCN)c1ccccc1C(=O)O. The quantitative estimate of drug-likeness (QED) is 0.711. The molecule has 6 nitrogen and oxygen atoms in total. The lowest BCUT2D eigenvalue weighted by Crippen LogP contribution is -2.32. The molecular weight excluding hydrogens is 236 g/mol. The molecule has 0 aliphatic heterocycles. The van der Waals surface area contributed by atoms with Crippen molar-refractivity contribution in [3.05, 3.63) is 29.8 Å². The van der Waals surface area contributed by atoms with Gasteiger partial charge in [0, 0.05) is 13.6 Å². The Morgan fingerprint density at radius 1 is 1.39 bits per heavy atom. The van der Waals surface area contributed by atoms with Crippen LogP contribution >= 0.6 is 0 Å². The summed E-state index contributed by atoms with van der Waals surface area (Å²) in [6, 6.07) is 6.30. The van der Waals surface area contributed by atoms with Gasteiger partial charge in [-0.15, -0.1) is 0 Å². The van der Waals surface area contributed by atoms with Crippen LogP contribution in [0.4, 0.5) is 5.69 Å². The topological polar surface area (TPSA) is 92.9 Å². The van der Waals surface area contributed by atoms with Crippen LogP contribution in [0.15, 0.2) is 24.3 Å². The first-order chi connectivity index (χ1) is 8.57. The molecular formula is C12H16N2O4. The highest BCUT2D eigenvalue weighted by atomic mass is 16.5. The Morgan fingerprint density at radius 2 is 2.06 bits per heavy atom. The van der Waals surface area contributed by atoms with Crippen LogP contribution in [0.5, 0.6) is 0 Å². The van der Waals surface area contributed by atoms with Crippen molar-refractivity contribution in [1.82, 2.24) is 0 Å². The van der Waals surface area contributed by atoms with Gasteiger partial charge in [-0.2, -0.15) is 0 Å². The number of likely N-dealkylation sites (N-methyl/N-ethyl adjacent to an activating group) is 1. The molecule has 0 aliphatic carbocycles. The molecule has 0 saturated carbocycles. The molecule has 18 heavy (non-hydrogen) atoms. The van der Waals surface area contributed by atoms with Crippen LogP contribution in [0, 0.1) is 0 Å². The predicted molar refractivity (Wildman–Crippen MR) is 66.7 cm³/mol. The molecule has 6 heteroatoms. The smallest absolute Gasteiger partial charge is 0.337 e. The minimum atomic E-state index is -1.08. The van der Waals surface area contributed by atoms with Gasteiger partial charge in [0.25, 0.3) is 5.91 Å². The van der Waals surface area contributed by atoms with Crippen molar-refractivity contribution in [2.75, 3.05) is 31.7 Å². The van der Waals surface area contributed by atoms with E-state index in [4.69, 9.17) is 15.6 Å². The van der Waals surface area contributed by atoms with Crippen LogP contribution in [-0.4, -0.2) is 43.8 Å². The first-order valence-corrected chi connectivity index (χ1v) is 5.44. The molecule has 1 aromatic rings. The third kappa shape index (κ3) is 3.54. The molecule has 0 heterocycles. The first kappa shape index (κ1) is 14.1. The van der Waals surface area contributed by atoms with Crippen molar-refractivity contribution in [3.8, 4) is 0 Å². The number of rotatable bonds is 6. The second-order valence-electron chi connectivity index (χ2n) is 3.62. The number of benzene rings is 1. The standard InChI is InChI=1S/C12H16N2O4/c1-14(11(15)8-18-7-6-13)10-5-3-2-4-9(10)12(16)17/h2-5H,6-8,13H2,1H3,(H,16,17). The third-order valence-electron chi connectivity index (χ3n) is 2.36. The summed E-state index contributed by atoms with van der Waals surface area (Å²) < 4.78 is 5.02. The van der Waals surface area contributed by atoms with E-state index in [0.717, 1.165) is 0 Å². The van der Waals surface area contributed by atoms with E-state index in [-0.39, 0.29) is 18.1 Å². The van der Waals surface area contributed by atoms with Gasteiger partial charge >= 0.3 is 5.97 Å². The van der Waals surface area contributed by atoms with Gasteiger partial charge in [0.05, 0.1) is 17.9 Å². The molecule has 1 aromatic carbocycles. The van der Waals surface area contributed by atoms with E-state index in [1.807, 2.05) is 0 Å². The fourth-order valence-corrected chi connectivity index (χ4v) is 1.42. The summed E-state index contributed by atoms with van der Waals surface area (Å²) >= 11 is 0. The zero-order valence-corrected chi connectivity index (χ0v) is 10.1. The van der Waals surface area contributed by atoms with Crippen LogP contribution in [0.1, 0.15) is 10.4 Å². The molecule has 1 rings (SSSR count). The van der Waals surface area contributed by atoms with Crippen molar-refractivity contribution in [1.29, 1.82) is 0 Å². The number of carboxylic acid groups (broad SMARTS) is 1. The highest BCUT2D eigenvalue weighted by Gasteiger charge is 2.17. The fourth-order valence-electron chi connectivity index (χ4n) is 1.42. The number of carbonyl (C=O) groups excluding carboxylic acids is 1. The molecule has 0 fully saturated rings. The molecule has 0 unspecified atom stereocenters. The molecule has 0 bridgehead atoms. The number of nitrogens with two attached hydrogens (primary N) is 1. The lowest BCUT2D eigenvalue weighted by molar-refractivity contribution is -0.122. The Balaban J connectivity index is 2.80. The fraction of sp³-hybridized carbons (Fsp3) is 0.333. The summed E-state index contributed by atoms with van der Waals surface area (Å²) in [6.45, 7) is 0.504. The van der Waals surface area contributed by atoms with Gasteiger partial charge < -0.3 is 20.5 Å². The first-order valence-electron chi connectivity index (χ1n) is 5.44. The lowest BCUT2D eigenvalue weighted by atomic mass is 10.1. The second-order valence-corrected chi connectivity index (χ2v) is 3.62. The number of para-hydroxylation sites is 1. The molecule has 0 aliphatic rings. The van der Waals surface area contributed by atoms with Gasteiger partial charge in [0.1, 0.15) is 6.61 Å². The third-order valence-corrected chi connectivity index (χ3v) is 2.36. The van der Waals surface area contributed by atoms with E-state index in [1.54, 1.807) is 18.2 Å². The highest BCUT2D eigenvalue weighted by Crippen LogP contribution is 2.19. The minimum Gasteiger partial charge on any atom is -0.478 e. The van der Waals surface area contributed by atoms with E-state index in [1.165, 1.54) is 18.0 Å². The van der Waals surface area contributed by atoms with Crippen LogP contribution in [0.25, 0.3) is 0 Å². The molecule has 0 spiro atoms. The van der Waals surface area contributed by atoms with Crippen LogP contribution in [0.3, 0.4) is 0 Å². The lowest BCUT2D eigenvalue weighted by Gasteiger charge is -2.19. The van der Waals surface area contributed by atoms with Crippen molar-refractivity contribution in [3.63, 3.8) is 0 Å². The highest BCUT2D eigenvalue weighted by molar-refractivity contribution is 6.01. The monoisotopic (exact) mass is 252 g/mol. The van der Waals surface area contributed by atoms with Gasteiger partial charge in [-0.05, 0) is 12.1 Å². The molecule has 98 valence electrons. The van der Waals surface area contributed by atoms with Gasteiger partial charge in [-0.1, -0.05) is 12.1 Å². The van der Waals surface area contributed by atoms with Crippen molar-refractivity contribution in [2.45, 2.75) is 0 Å². The molecule has 0 aromatic heterocycles. The largest absolute Gasteiger partial charge is 0.478 e. The summed E-state index contributed by atoms with van der Waals surface area (Å²) in [5, 5.41) is 9.02. The maximum absolute atomic E-state index is 11.8. The number of hydrogen-bond donors (Lipinski definition) is 2. The maximum Gasteiger partial charge on any atom is 0.337 e. The minimum absolute atomic E-state index is 0.0761. The zero-order valence-electron chi connectivity index (χ0n) is 10.1. The van der Waals surface area contributed by atoms with Crippen molar-refractivity contribution >= 4 is 17.6 Å². The summed E-state index contributed by atoms with van der Waals surface area (Å²) in [6.07, 6.45) is 0. The van der Waals surface area contributed by atoms with Crippen molar-refractivity contribution < 1.29 is 19.4 Å². The maximum atomic E-state index is 11.8. The summed E-state index contributed by atoms with van der Waals surface area (Å²) in [5.41, 5.74) is 5.65. The molecule has 0 saturated heterocycles. The van der Waals surface area contributed by atoms with Gasteiger partial charge in [-0.25, -0.2) is 4.79 Å². The van der Waals surface area contributed by atoms with Crippen LogP contribution < -0.4 is 10.6 Å². The molecule has 0 atom stereocenters. The number of nitrogens with zero attached hydrogens (tertiary/aromatic N) is 1. The predicted octanol–water partition coefficient (Wildman–Crippen LogP) is 0.323. The molecule has 0 radical (unpaired) electrons. The Morgan fingerprint density at radius 3 is 2.67 bits per heavy atom. The number of carbonyl (C=O) groups is 2. The van der Waals surface area contributed by atoms with E-state index < -0.39 is 5.97 Å². The number of aromatic carboxylic acids is 1. The van der Waals surface area contributed by atoms with Gasteiger partial charge in [-0.3, -0.25) is 4.79 Å². The summed E-state index contributed by atoms with van der Waals surface area (Å²) in [7, 11) is 1.51. The number of hydrogen-bond acceptors (Lipinski definition) is 4. The van der Waals surface area contributed by atoms with E-state index in [0.29, 0.717) is 18.8 Å². The van der Waals surface area contributed by atoms with Gasteiger partial charge in [0.15, 0.2) is 0 Å². The second kappa shape index (κ2) is 6.73. The number of amides is 1.